The molecule has 1 aromatic heterocycles. The number of carbonyl (C=O) groups is 1. The molecule has 0 amide bonds. The van der Waals surface area contributed by atoms with Crippen molar-refractivity contribution in [2.45, 2.75) is 6.92 Å². The minimum Gasteiger partial charge on any atom is -0.478 e. The van der Waals surface area contributed by atoms with Crippen LogP contribution in [-0.4, -0.2) is 16.1 Å². The molecule has 5 nitrogen and oxygen atoms in total. The van der Waals surface area contributed by atoms with Gasteiger partial charge in [0.2, 0.25) is 5.88 Å². The van der Waals surface area contributed by atoms with Gasteiger partial charge in [-0.2, -0.15) is 5.26 Å². The van der Waals surface area contributed by atoms with E-state index in [1.807, 2.05) is 6.07 Å². The van der Waals surface area contributed by atoms with Gasteiger partial charge in [0.05, 0.1) is 0 Å². The number of benzene rings is 1. The van der Waals surface area contributed by atoms with E-state index < -0.39 is 5.97 Å². The molecular formula is C14H10N2O3. The lowest BCUT2D eigenvalue weighted by Crippen LogP contribution is -2.01. The fourth-order valence-corrected chi connectivity index (χ4v) is 1.55. The Kier molecular flexibility index (Phi) is 3.44. The predicted octanol–water partition coefficient (Wildman–Crippen LogP) is 2.75. The van der Waals surface area contributed by atoms with Gasteiger partial charge in [-0.25, -0.2) is 9.78 Å². The first-order valence-electron chi connectivity index (χ1n) is 5.49. The molecular weight excluding hydrogens is 244 g/mol. The molecule has 0 fully saturated rings. The number of carboxylic acid groups (broad SMARTS) is 1. The molecule has 1 N–H and O–H groups in total. The van der Waals surface area contributed by atoms with E-state index >= 15 is 0 Å². The third kappa shape index (κ3) is 2.87. The van der Waals surface area contributed by atoms with E-state index in [4.69, 9.17) is 15.1 Å². The minimum absolute atomic E-state index is 0.0594. The number of nitrogens with zero attached hydrogens (tertiary/aromatic N) is 2. The van der Waals surface area contributed by atoms with Gasteiger partial charge in [0, 0.05) is 6.07 Å². The Morgan fingerprint density at radius 3 is 2.84 bits per heavy atom. The Labute approximate surface area is 109 Å². The lowest BCUT2D eigenvalue weighted by molar-refractivity contribution is 0.0694. The quantitative estimate of drug-likeness (QED) is 0.910. The van der Waals surface area contributed by atoms with Crippen LogP contribution in [0.3, 0.4) is 0 Å². The Bertz CT molecular complexity index is 675. The molecule has 0 atom stereocenters. The number of ether oxygens (including phenoxy) is 1. The first-order valence-corrected chi connectivity index (χ1v) is 5.49. The second-order valence-electron chi connectivity index (χ2n) is 3.88. The van der Waals surface area contributed by atoms with Gasteiger partial charge in [0.15, 0.2) is 0 Å². The van der Waals surface area contributed by atoms with Gasteiger partial charge in [-0.1, -0.05) is 17.7 Å². The highest BCUT2D eigenvalue weighted by molar-refractivity contribution is 5.91. The summed E-state index contributed by atoms with van der Waals surface area (Å²) >= 11 is 0. The molecule has 1 heterocycles. The highest BCUT2D eigenvalue weighted by atomic mass is 16.5. The topological polar surface area (TPSA) is 83.2 Å². The van der Waals surface area contributed by atoms with E-state index in [1.165, 1.54) is 6.07 Å². The van der Waals surface area contributed by atoms with Crippen LogP contribution in [0.25, 0.3) is 0 Å². The fourth-order valence-electron chi connectivity index (χ4n) is 1.55. The van der Waals surface area contributed by atoms with Crippen LogP contribution in [0.15, 0.2) is 36.4 Å². The zero-order valence-electron chi connectivity index (χ0n) is 10.1. The lowest BCUT2D eigenvalue weighted by Gasteiger charge is -2.08. The summed E-state index contributed by atoms with van der Waals surface area (Å²) < 4.78 is 5.43. The van der Waals surface area contributed by atoms with Crippen LogP contribution in [0.1, 0.15) is 21.6 Å². The number of aromatic carboxylic acids is 1. The number of hydrogen-bond donors (Lipinski definition) is 1. The molecule has 0 aliphatic carbocycles. The summed E-state index contributed by atoms with van der Waals surface area (Å²) in [6.45, 7) is 1.80. The summed E-state index contributed by atoms with van der Waals surface area (Å²) in [5, 5.41) is 17.9. The lowest BCUT2D eigenvalue weighted by atomic mass is 10.1. The first kappa shape index (κ1) is 12.6. The Hall–Kier alpha value is -2.87. The van der Waals surface area contributed by atoms with Crippen LogP contribution in [0.2, 0.25) is 0 Å². The van der Waals surface area contributed by atoms with Crippen molar-refractivity contribution in [2.75, 3.05) is 0 Å². The van der Waals surface area contributed by atoms with Crippen LogP contribution in [0.5, 0.6) is 11.6 Å². The maximum Gasteiger partial charge on any atom is 0.339 e. The van der Waals surface area contributed by atoms with Gasteiger partial charge in [-0.15, -0.1) is 0 Å². The molecule has 1 aromatic carbocycles. The molecule has 5 heteroatoms. The molecule has 0 aliphatic heterocycles. The number of aryl methyl sites for hydroxylation is 1. The number of pyridine rings is 1. The zero-order valence-corrected chi connectivity index (χ0v) is 10.1. The van der Waals surface area contributed by atoms with E-state index in [1.54, 1.807) is 37.3 Å². The molecule has 19 heavy (non-hydrogen) atoms. The number of aromatic nitrogens is 1. The average Bonchev–Trinajstić information content (AvgIpc) is 2.41. The fraction of sp³-hybridized carbons (Fsp3) is 0.0714. The van der Waals surface area contributed by atoms with Crippen molar-refractivity contribution in [1.82, 2.24) is 4.98 Å². The van der Waals surface area contributed by atoms with Gasteiger partial charge in [-0.05, 0) is 25.1 Å². The van der Waals surface area contributed by atoms with Crippen LogP contribution in [-0.2, 0) is 0 Å². The SMILES string of the molecule is Cc1ccc(Oc2cccc(C#N)n2)c(C(=O)O)c1. The number of carboxylic acids is 1. The Morgan fingerprint density at radius 1 is 1.37 bits per heavy atom. The summed E-state index contributed by atoms with van der Waals surface area (Å²) in [6.07, 6.45) is 0. The second kappa shape index (κ2) is 5.19. The Balaban J connectivity index is 2.38. The van der Waals surface area contributed by atoms with Crippen molar-refractivity contribution in [2.24, 2.45) is 0 Å². The molecule has 0 saturated heterocycles. The van der Waals surface area contributed by atoms with Gasteiger partial charge in [0.1, 0.15) is 23.1 Å². The van der Waals surface area contributed by atoms with Crippen molar-refractivity contribution in [3.05, 3.63) is 53.2 Å². The standard InChI is InChI=1S/C14H10N2O3/c1-9-5-6-12(11(7-9)14(17)18)19-13-4-2-3-10(8-15)16-13/h2-7H,1H3,(H,17,18). The summed E-state index contributed by atoms with van der Waals surface area (Å²) in [4.78, 5) is 15.1. The van der Waals surface area contributed by atoms with E-state index in [9.17, 15) is 4.79 Å². The summed E-state index contributed by atoms with van der Waals surface area (Å²) in [5.41, 5.74) is 1.09. The molecule has 2 aromatic rings. The first-order chi connectivity index (χ1) is 9.10. The van der Waals surface area contributed by atoms with E-state index in [-0.39, 0.29) is 22.9 Å². The van der Waals surface area contributed by atoms with Crippen molar-refractivity contribution >= 4 is 5.97 Å². The molecule has 0 saturated carbocycles. The normalized spacial score (nSPS) is 9.68. The van der Waals surface area contributed by atoms with Gasteiger partial charge < -0.3 is 9.84 Å². The largest absolute Gasteiger partial charge is 0.478 e. The highest BCUT2D eigenvalue weighted by Crippen LogP contribution is 2.25. The summed E-state index contributed by atoms with van der Waals surface area (Å²) in [5.74, 6) is -0.693. The van der Waals surface area contributed by atoms with E-state index in [2.05, 4.69) is 4.98 Å². The minimum atomic E-state index is -1.07. The van der Waals surface area contributed by atoms with E-state index in [0.29, 0.717) is 0 Å². The van der Waals surface area contributed by atoms with Crippen molar-refractivity contribution in [3.8, 4) is 17.7 Å². The van der Waals surface area contributed by atoms with Crippen LogP contribution in [0, 0.1) is 18.3 Å². The predicted molar refractivity (Wildman–Crippen MR) is 67.2 cm³/mol. The molecule has 94 valence electrons. The van der Waals surface area contributed by atoms with Crippen LogP contribution >= 0.6 is 0 Å². The monoisotopic (exact) mass is 254 g/mol. The molecule has 0 unspecified atom stereocenters. The third-order valence-electron chi connectivity index (χ3n) is 2.42. The van der Waals surface area contributed by atoms with Crippen LogP contribution in [0.4, 0.5) is 0 Å². The second-order valence-corrected chi connectivity index (χ2v) is 3.88. The molecule has 0 aliphatic rings. The van der Waals surface area contributed by atoms with Crippen LogP contribution < -0.4 is 4.74 Å². The van der Waals surface area contributed by atoms with Crippen molar-refractivity contribution in [1.29, 1.82) is 5.26 Å². The maximum atomic E-state index is 11.1. The Morgan fingerprint density at radius 2 is 2.16 bits per heavy atom. The summed E-state index contributed by atoms with van der Waals surface area (Å²) in [6, 6.07) is 11.5. The van der Waals surface area contributed by atoms with E-state index in [0.717, 1.165) is 5.56 Å². The van der Waals surface area contributed by atoms with Gasteiger partial charge >= 0.3 is 5.97 Å². The number of nitriles is 1. The maximum absolute atomic E-state index is 11.1. The van der Waals surface area contributed by atoms with Crippen molar-refractivity contribution in [3.63, 3.8) is 0 Å². The number of hydrogen-bond acceptors (Lipinski definition) is 4. The molecule has 0 radical (unpaired) electrons. The molecule has 0 bridgehead atoms. The molecule has 0 spiro atoms. The highest BCUT2D eigenvalue weighted by Gasteiger charge is 2.12. The number of rotatable bonds is 3. The van der Waals surface area contributed by atoms with Gasteiger partial charge in [0.25, 0.3) is 0 Å². The smallest absolute Gasteiger partial charge is 0.339 e. The van der Waals surface area contributed by atoms with Gasteiger partial charge in [-0.3, -0.25) is 0 Å². The molecule has 2 rings (SSSR count). The van der Waals surface area contributed by atoms with Crippen molar-refractivity contribution < 1.29 is 14.6 Å². The average molecular weight is 254 g/mol. The third-order valence-corrected chi connectivity index (χ3v) is 2.42. The summed E-state index contributed by atoms with van der Waals surface area (Å²) in [7, 11) is 0. The zero-order chi connectivity index (χ0) is 13.8.